The zero-order chi connectivity index (χ0) is 16.2. The summed E-state index contributed by atoms with van der Waals surface area (Å²) < 4.78 is 5.87. The monoisotopic (exact) mass is 316 g/mol. The summed E-state index contributed by atoms with van der Waals surface area (Å²) in [5, 5.41) is 11.4. The lowest BCUT2D eigenvalue weighted by Gasteiger charge is -2.63. The average Bonchev–Trinajstić information content (AvgIpc) is 2.91. The summed E-state index contributed by atoms with van der Waals surface area (Å²) in [5.41, 5.74) is 0.987. The highest BCUT2D eigenvalue weighted by molar-refractivity contribution is 5.80. The van der Waals surface area contributed by atoms with Crippen LogP contribution in [-0.4, -0.2) is 23.3 Å². The fourth-order valence-corrected chi connectivity index (χ4v) is 8.02. The van der Waals surface area contributed by atoms with Crippen LogP contribution >= 0.6 is 0 Å². The van der Waals surface area contributed by atoms with Gasteiger partial charge in [-0.05, 0) is 62.7 Å². The van der Waals surface area contributed by atoms with Crippen LogP contribution < -0.4 is 0 Å². The number of carbonyl (C=O) groups excluding carboxylic acids is 1. The van der Waals surface area contributed by atoms with Crippen molar-refractivity contribution in [2.45, 2.75) is 71.0 Å². The number of allylic oxidation sites excluding steroid dienone is 1. The van der Waals surface area contributed by atoms with Crippen molar-refractivity contribution >= 4 is 5.97 Å². The van der Waals surface area contributed by atoms with E-state index in [9.17, 15) is 9.90 Å². The largest absolute Gasteiger partial charge is 0.459 e. The zero-order valence-electron chi connectivity index (χ0n) is 14.3. The molecule has 8 atom stereocenters. The highest BCUT2D eigenvalue weighted by Gasteiger charge is 2.74. The number of carbonyl (C=O) groups is 1. The molecular weight excluding hydrogens is 288 g/mol. The SMILES string of the molecule is C=C1C[C@]23C[C@H]1CC[C@@H]2[C@]1(C)CCC[C@@]2(C)C(=O)O[C@@H]([C@@H]3O)[C@@H]12. The molecule has 23 heavy (non-hydrogen) atoms. The number of hydrogen-bond acceptors (Lipinski definition) is 3. The van der Waals surface area contributed by atoms with Gasteiger partial charge in [-0.1, -0.05) is 25.5 Å². The minimum absolute atomic E-state index is 0.0547. The molecule has 4 aliphatic carbocycles. The van der Waals surface area contributed by atoms with Gasteiger partial charge in [0.15, 0.2) is 0 Å². The molecular formula is C20H28O3. The number of aliphatic hydroxyl groups excluding tert-OH is 1. The third-order valence-electron chi connectivity index (χ3n) is 8.80. The van der Waals surface area contributed by atoms with Crippen molar-refractivity contribution in [3.05, 3.63) is 12.2 Å². The van der Waals surface area contributed by atoms with Crippen molar-refractivity contribution in [3.63, 3.8) is 0 Å². The smallest absolute Gasteiger partial charge is 0.312 e. The Kier molecular flexibility index (Phi) is 2.55. The van der Waals surface area contributed by atoms with Gasteiger partial charge in [0.2, 0.25) is 0 Å². The number of ether oxygens (including phenoxy) is 1. The molecule has 1 saturated heterocycles. The summed E-state index contributed by atoms with van der Waals surface area (Å²) >= 11 is 0. The lowest BCUT2D eigenvalue weighted by Crippen LogP contribution is -2.65. The predicted octanol–water partition coefficient (Wildman–Crippen LogP) is 3.46. The number of hydrogen-bond donors (Lipinski definition) is 1. The van der Waals surface area contributed by atoms with Crippen LogP contribution in [0.25, 0.3) is 0 Å². The Morgan fingerprint density at radius 2 is 2.04 bits per heavy atom. The third kappa shape index (κ3) is 1.41. The Bertz CT molecular complexity index is 612. The molecule has 3 heteroatoms. The second kappa shape index (κ2) is 4.04. The summed E-state index contributed by atoms with van der Waals surface area (Å²) in [6, 6.07) is 0. The Morgan fingerprint density at radius 3 is 2.83 bits per heavy atom. The summed E-state index contributed by atoms with van der Waals surface area (Å²) in [6.07, 6.45) is 6.82. The first-order chi connectivity index (χ1) is 10.8. The number of rotatable bonds is 0. The Hall–Kier alpha value is -0.830. The van der Waals surface area contributed by atoms with Crippen LogP contribution in [0.2, 0.25) is 0 Å². The minimum atomic E-state index is -0.503. The van der Waals surface area contributed by atoms with Crippen LogP contribution in [0.4, 0.5) is 0 Å². The molecule has 4 saturated carbocycles. The van der Waals surface area contributed by atoms with Gasteiger partial charge < -0.3 is 9.84 Å². The standard InChI is InChI=1S/C20H28O3/c1-11-9-20-10-12(11)5-6-13(20)18(2)7-4-8-19(3)15(18)14(16(20)21)23-17(19)22/h12-16,21H,1,4-10H2,2-3H3/t12-,13-,14-,15+,16+,18+,19-,20+/m1/s1. The molecule has 2 bridgehead atoms. The van der Waals surface area contributed by atoms with Gasteiger partial charge in [0.1, 0.15) is 6.10 Å². The van der Waals surface area contributed by atoms with E-state index >= 15 is 0 Å². The second-order valence-corrected chi connectivity index (χ2v) is 9.67. The van der Waals surface area contributed by atoms with Gasteiger partial charge in [0.05, 0.1) is 11.5 Å². The highest BCUT2D eigenvalue weighted by atomic mass is 16.6. The zero-order valence-corrected chi connectivity index (χ0v) is 14.3. The molecule has 3 nitrogen and oxygen atoms in total. The molecule has 5 aliphatic rings. The molecule has 0 aromatic heterocycles. The maximum atomic E-state index is 12.7. The maximum absolute atomic E-state index is 12.7. The van der Waals surface area contributed by atoms with Gasteiger partial charge in [-0.2, -0.15) is 0 Å². The molecule has 126 valence electrons. The lowest BCUT2D eigenvalue weighted by molar-refractivity contribution is -0.219. The normalized spacial score (nSPS) is 60.2. The fourth-order valence-electron chi connectivity index (χ4n) is 8.02. The van der Waals surface area contributed by atoms with E-state index in [1.165, 1.54) is 24.8 Å². The molecule has 5 fully saturated rings. The molecule has 0 aromatic rings. The Balaban J connectivity index is 1.69. The van der Waals surface area contributed by atoms with Crippen LogP contribution in [0.5, 0.6) is 0 Å². The van der Waals surface area contributed by atoms with E-state index in [2.05, 4.69) is 20.4 Å². The first-order valence-corrected chi connectivity index (χ1v) is 9.40. The Morgan fingerprint density at radius 1 is 1.26 bits per heavy atom. The molecule has 0 amide bonds. The van der Waals surface area contributed by atoms with Crippen molar-refractivity contribution in [2.24, 2.45) is 34.0 Å². The molecule has 0 unspecified atom stereocenters. The summed E-state index contributed by atoms with van der Waals surface area (Å²) in [6.45, 7) is 8.82. The van der Waals surface area contributed by atoms with Crippen LogP contribution in [0.15, 0.2) is 12.2 Å². The van der Waals surface area contributed by atoms with E-state index in [0.717, 1.165) is 25.7 Å². The van der Waals surface area contributed by atoms with Gasteiger partial charge in [-0.3, -0.25) is 4.79 Å². The average molecular weight is 316 g/mol. The molecule has 1 heterocycles. The summed E-state index contributed by atoms with van der Waals surface area (Å²) in [5.74, 6) is 1.22. The van der Waals surface area contributed by atoms with Gasteiger partial charge in [0, 0.05) is 11.3 Å². The molecule has 5 rings (SSSR count). The van der Waals surface area contributed by atoms with Crippen molar-refractivity contribution < 1.29 is 14.6 Å². The topological polar surface area (TPSA) is 46.5 Å². The van der Waals surface area contributed by atoms with Crippen LogP contribution in [-0.2, 0) is 9.53 Å². The summed E-state index contributed by atoms with van der Waals surface area (Å²) in [7, 11) is 0. The summed E-state index contributed by atoms with van der Waals surface area (Å²) in [4.78, 5) is 12.7. The molecule has 1 spiro atoms. The van der Waals surface area contributed by atoms with E-state index in [1.807, 2.05) is 0 Å². The van der Waals surface area contributed by atoms with Gasteiger partial charge in [0.25, 0.3) is 0 Å². The lowest BCUT2D eigenvalue weighted by atomic mass is 9.40. The third-order valence-corrected chi connectivity index (χ3v) is 8.80. The number of fused-ring (bicyclic) bond motifs is 2. The van der Waals surface area contributed by atoms with Crippen molar-refractivity contribution in [2.75, 3.05) is 0 Å². The first-order valence-electron chi connectivity index (χ1n) is 9.40. The van der Waals surface area contributed by atoms with Crippen LogP contribution in [0.1, 0.15) is 58.8 Å². The van der Waals surface area contributed by atoms with Crippen molar-refractivity contribution in [3.8, 4) is 0 Å². The van der Waals surface area contributed by atoms with Gasteiger partial charge >= 0.3 is 5.97 Å². The van der Waals surface area contributed by atoms with Crippen molar-refractivity contribution in [1.82, 2.24) is 0 Å². The second-order valence-electron chi connectivity index (χ2n) is 9.67. The fraction of sp³-hybridized carbons (Fsp3) is 0.850. The van der Waals surface area contributed by atoms with E-state index in [4.69, 9.17) is 4.74 Å². The predicted molar refractivity (Wildman–Crippen MR) is 86.5 cm³/mol. The number of aliphatic hydroxyl groups is 1. The quantitative estimate of drug-likeness (QED) is 0.550. The molecule has 1 aliphatic heterocycles. The first kappa shape index (κ1) is 14.5. The highest BCUT2D eigenvalue weighted by Crippen LogP contribution is 2.74. The van der Waals surface area contributed by atoms with E-state index in [-0.39, 0.29) is 34.2 Å². The molecule has 0 aromatic carbocycles. The van der Waals surface area contributed by atoms with E-state index in [1.54, 1.807) is 0 Å². The van der Waals surface area contributed by atoms with E-state index < -0.39 is 6.10 Å². The maximum Gasteiger partial charge on any atom is 0.312 e. The van der Waals surface area contributed by atoms with Crippen LogP contribution in [0.3, 0.4) is 0 Å². The molecule has 1 N–H and O–H groups in total. The Labute approximate surface area is 138 Å². The van der Waals surface area contributed by atoms with E-state index in [0.29, 0.717) is 11.8 Å². The number of esters is 1. The van der Waals surface area contributed by atoms with Gasteiger partial charge in [-0.15, -0.1) is 0 Å². The molecule has 0 radical (unpaired) electrons. The van der Waals surface area contributed by atoms with Crippen LogP contribution in [0, 0.1) is 34.0 Å². The van der Waals surface area contributed by atoms with Gasteiger partial charge in [-0.25, -0.2) is 0 Å². The minimum Gasteiger partial charge on any atom is -0.459 e. The van der Waals surface area contributed by atoms with Crippen molar-refractivity contribution in [1.29, 1.82) is 0 Å².